The van der Waals surface area contributed by atoms with Crippen molar-refractivity contribution in [1.82, 2.24) is 19.5 Å². The fourth-order valence-corrected chi connectivity index (χ4v) is 2.87. The molecule has 0 spiro atoms. The average Bonchev–Trinajstić information content (AvgIpc) is 3.08. The Kier molecular flexibility index (Phi) is 9.66. The lowest BCUT2D eigenvalue weighted by atomic mass is 10.0. The molecule has 3 rings (SSSR count). The van der Waals surface area contributed by atoms with E-state index in [1.165, 1.54) is 17.3 Å². The minimum Gasteiger partial charge on any atom is -0.324 e. The third-order valence-electron chi connectivity index (χ3n) is 4.35. The summed E-state index contributed by atoms with van der Waals surface area (Å²) in [5.41, 5.74) is 3.77. The highest BCUT2D eigenvalue weighted by molar-refractivity contribution is 5.55. The van der Waals surface area contributed by atoms with Crippen LogP contribution in [-0.2, 0) is 0 Å². The van der Waals surface area contributed by atoms with Crippen molar-refractivity contribution in [3.63, 3.8) is 0 Å². The minimum absolute atomic E-state index is 0.210. The highest BCUT2D eigenvalue weighted by atomic mass is 19.1. The minimum atomic E-state index is -0.419. The molecule has 0 aliphatic rings. The van der Waals surface area contributed by atoms with Gasteiger partial charge in [-0.25, -0.2) is 19.3 Å². The van der Waals surface area contributed by atoms with Crippen LogP contribution in [-0.4, -0.2) is 19.5 Å². The zero-order valence-corrected chi connectivity index (χ0v) is 19.3. The number of benzene rings is 1. The van der Waals surface area contributed by atoms with Crippen molar-refractivity contribution in [2.75, 3.05) is 0 Å². The van der Waals surface area contributed by atoms with Crippen LogP contribution in [0.2, 0.25) is 0 Å². The summed E-state index contributed by atoms with van der Waals surface area (Å²) in [6, 6.07) is 8.92. The third-order valence-corrected chi connectivity index (χ3v) is 4.35. The zero-order valence-electron chi connectivity index (χ0n) is 19.3. The summed E-state index contributed by atoms with van der Waals surface area (Å²) in [4.78, 5) is 12.2. The summed E-state index contributed by atoms with van der Waals surface area (Å²) < 4.78 is 15.7. The lowest BCUT2D eigenvalue weighted by Crippen LogP contribution is -2.07. The highest BCUT2D eigenvalue weighted by Crippen LogP contribution is 2.24. The van der Waals surface area contributed by atoms with Gasteiger partial charge in [0.2, 0.25) is 0 Å². The molecule has 2 aromatic heterocycles. The SMILES string of the molecule is CC.Cc1ccc(C(C)C)cc1.Cc1ncc(F)c(-c2cnc(C)n2C(C)C)n1. The quantitative estimate of drug-likeness (QED) is 0.486. The molecule has 0 unspecified atom stereocenters. The molecule has 4 nitrogen and oxygen atoms in total. The van der Waals surface area contributed by atoms with Crippen LogP contribution in [0, 0.1) is 26.6 Å². The summed E-state index contributed by atoms with van der Waals surface area (Å²) in [6.07, 6.45) is 2.85. The molecule has 0 aliphatic carbocycles. The first-order valence-electron chi connectivity index (χ1n) is 10.3. The molecule has 0 amide bonds. The maximum atomic E-state index is 13.7. The molecule has 0 radical (unpaired) electrons. The fourth-order valence-electron chi connectivity index (χ4n) is 2.87. The van der Waals surface area contributed by atoms with Gasteiger partial charge in [-0.15, -0.1) is 0 Å². The van der Waals surface area contributed by atoms with Crippen molar-refractivity contribution in [3.05, 3.63) is 65.3 Å². The van der Waals surface area contributed by atoms with Gasteiger partial charge < -0.3 is 4.57 Å². The Morgan fingerprint density at radius 1 is 0.862 bits per heavy atom. The summed E-state index contributed by atoms with van der Waals surface area (Å²) in [6.45, 7) is 18.2. The predicted octanol–water partition coefficient (Wildman–Crippen LogP) is 6.82. The van der Waals surface area contributed by atoms with E-state index in [4.69, 9.17) is 0 Å². The van der Waals surface area contributed by atoms with Gasteiger partial charge in [-0.05, 0) is 46.1 Å². The molecular formula is C24H35FN4. The summed E-state index contributed by atoms with van der Waals surface area (Å²) in [5.74, 6) is 1.64. The number of rotatable bonds is 3. The Labute approximate surface area is 175 Å². The Hall–Kier alpha value is -2.56. The molecule has 0 bridgehead atoms. The molecule has 0 fully saturated rings. The molecule has 3 aromatic rings. The van der Waals surface area contributed by atoms with Crippen molar-refractivity contribution in [2.45, 2.75) is 74.3 Å². The number of aromatic nitrogens is 4. The van der Waals surface area contributed by atoms with Crippen molar-refractivity contribution in [1.29, 1.82) is 0 Å². The molecule has 158 valence electrons. The molecule has 5 heteroatoms. The Morgan fingerprint density at radius 3 is 1.97 bits per heavy atom. The zero-order chi connectivity index (χ0) is 22.1. The molecule has 2 heterocycles. The van der Waals surface area contributed by atoms with Gasteiger partial charge in [0.25, 0.3) is 0 Å². The first kappa shape index (κ1) is 24.5. The van der Waals surface area contributed by atoms with Crippen LogP contribution < -0.4 is 0 Å². The van der Waals surface area contributed by atoms with E-state index < -0.39 is 5.82 Å². The fraction of sp³-hybridized carbons (Fsp3) is 0.458. The van der Waals surface area contributed by atoms with Crippen LogP contribution in [0.1, 0.15) is 76.3 Å². The monoisotopic (exact) mass is 398 g/mol. The van der Waals surface area contributed by atoms with Gasteiger partial charge in [0.1, 0.15) is 17.3 Å². The second-order valence-corrected chi connectivity index (χ2v) is 7.33. The first-order valence-corrected chi connectivity index (χ1v) is 10.3. The second-order valence-electron chi connectivity index (χ2n) is 7.33. The second kappa shape index (κ2) is 11.4. The van der Waals surface area contributed by atoms with Gasteiger partial charge in [-0.3, -0.25) is 0 Å². The van der Waals surface area contributed by atoms with E-state index >= 15 is 0 Å². The number of aryl methyl sites for hydroxylation is 3. The van der Waals surface area contributed by atoms with Crippen molar-refractivity contribution < 1.29 is 4.39 Å². The first-order chi connectivity index (χ1) is 13.7. The summed E-state index contributed by atoms with van der Waals surface area (Å²) >= 11 is 0. The van der Waals surface area contributed by atoms with E-state index in [9.17, 15) is 4.39 Å². The van der Waals surface area contributed by atoms with Crippen molar-refractivity contribution in [3.8, 4) is 11.4 Å². The van der Waals surface area contributed by atoms with Gasteiger partial charge in [0.05, 0.1) is 18.1 Å². The number of nitrogens with zero attached hydrogens (tertiary/aromatic N) is 4. The van der Waals surface area contributed by atoms with Crippen LogP contribution in [0.4, 0.5) is 4.39 Å². The lowest BCUT2D eigenvalue weighted by molar-refractivity contribution is 0.577. The van der Waals surface area contributed by atoms with Crippen LogP contribution in [0.5, 0.6) is 0 Å². The maximum Gasteiger partial charge on any atom is 0.169 e. The molecule has 0 saturated heterocycles. The van der Waals surface area contributed by atoms with Crippen LogP contribution in [0.25, 0.3) is 11.4 Å². The number of imidazole rings is 1. The van der Waals surface area contributed by atoms with E-state index in [2.05, 4.69) is 60.0 Å². The highest BCUT2D eigenvalue weighted by Gasteiger charge is 2.16. The van der Waals surface area contributed by atoms with E-state index in [0.717, 1.165) is 5.82 Å². The molecule has 1 aromatic carbocycles. The predicted molar refractivity (Wildman–Crippen MR) is 120 cm³/mol. The smallest absolute Gasteiger partial charge is 0.169 e. The van der Waals surface area contributed by atoms with Gasteiger partial charge in [-0.2, -0.15) is 0 Å². The third kappa shape index (κ3) is 6.77. The van der Waals surface area contributed by atoms with Crippen molar-refractivity contribution in [2.24, 2.45) is 0 Å². The molecule has 0 aliphatic heterocycles. The van der Waals surface area contributed by atoms with Gasteiger partial charge in [0.15, 0.2) is 5.82 Å². The van der Waals surface area contributed by atoms with Crippen molar-refractivity contribution >= 4 is 0 Å². The number of halogens is 1. The average molecular weight is 399 g/mol. The van der Waals surface area contributed by atoms with E-state index in [-0.39, 0.29) is 6.04 Å². The Bertz CT molecular complexity index is 880. The summed E-state index contributed by atoms with van der Waals surface area (Å²) in [5, 5.41) is 0. The standard InChI is InChI=1S/C12H15FN4.C10H14.C2H6/c1-7(2)17-9(4)15-6-11(17)12-10(13)5-14-8(3)16-12;1-8(2)10-6-4-9(3)5-7-10;1-2/h5-7H,1-4H3;4-8H,1-3H3;1-2H3. The maximum absolute atomic E-state index is 13.7. The van der Waals surface area contributed by atoms with Crippen LogP contribution in [0.3, 0.4) is 0 Å². The van der Waals surface area contributed by atoms with Gasteiger partial charge >= 0.3 is 0 Å². The molecule has 0 saturated carbocycles. The molecule has 29 heavy (non-hydrogen) atoms. The van der Waals surface area contributed by atoms with Gasteiger partial charge in [-0.1, -0.05) is 57.5 Å². The Morgan fingerprint density at radius 2 is 1.45 bits per heavy atom. The van der Waals surface area contributed by atoms with Crippen LogP contribution >= 0.6 is 0 Å². The molecule has 0 N–H and O–H groups in total. The van der Waals surface area contributed by atoms with E-state index in [0.29, 0.717) is 23.1 Å². The van der Waals surface area contributed by atoms with Gasteiger partial charge in [0, 0.05) is 6.04 Å². The Balaban J connectivity index is 0.000000299. The topological polar surface area (TPSA) is 43.6 Å². The number of hydrogen-bond acceptors (Lipinski definition) is 3. The normalized spacial score (nSPS) is 10.3. The van der Waals surface area contributed by atoms with E-state index in [1.54, 1.807) is 13.1 Å². The molecular weight excluding hydrogens is 363 g/mol. The van der Waals surface area contributed by atoms with E-state index in [1.807, 2.05) is 39.2 Å². The summed E-state index contributed by atoms with van der Waals surface area (Å²) in [7, 11) is 0. The molecule has 0 atom stereocenters. The van der Waals surface area contributed by atoms with Crippen LogP contribution in [0.15, 0.2) is 36.7 Å². The largest absolute Gasteiger partial charge is 0.324 e. The number of hydrogen-bond donors (Lipinski definition) is 0. The lowest BCUT2D eigenvalue weighted by Gasteiger charge is -2.14.